The summed E-state index contributed by atoms with van der Waals surface area (Å²) in [6, 6.07) is 5.56. The number of hydrogen-bond acceptors (Lipinski definition) is 4. The van der Waals surface area contributed by atoms with Crippen molar-refractivity contribution in [3.8, 4) is 18.1 Å². The number of aryl methyl sites for hydroxylation is 1. The lowest BCUT2D eigenvalue weighted by atomic mass is 10.1. The third-order valence-corrected chi connectivity index (χ3v) is 4.80. The highest BCUT2D eigenvalue weighted by molar-refractivity contribution is 8.00. The average Bonchev–Trinajstić information content (AvgIpc) is 2.51. The van der Waals surface area contributed by atoms with Crippen LogP contribution in [0.15, 0.2) is 24.4 Å². The van der Waals surface area contributed by atoms with Crippen LogP contribution < -0.4 is 10.5 Å². The maximum atomic E-state index is 11.8. The van der Waals surface area contributed by atoms with Gasteiger partial charge < -0.3 is 10.5 Å². The number of ether oxygens (including phenoxy) is 1. The molecule has 0 bridgehead atoms. The number of rotatable bonds is 5. The van der Waals surface area contributed by atoms with E-state index >= 15 is 0 Å². The third kappa shape index (κ3) is 2.88. The first-order valence-electron chi connectivity index (χ1n) is 6.87. The zero-order valence-electron chi connectivity index (χ0n) is 12.8. The Morgan fingerprint density at radius 2 is 2.23 bits per heavy atom. The number of carbonyl (C=O) groups is 1. The number of nitrogens with zero attached hydrogens (tertiary/aromatic N) is 1. The maximum Gasteiger partial charge on any atom is 0.272 e. The standard InChI is InChI=1S/C17H18N2O2S/c1-5-12-8-13-9-14(7-11(3)15(13)19-10-12)21-17(6-2,22-4)16(18)20/h1,7-10H,6H2,2-4H3,(H2,18,20). The van der Waals surface area contributed by atoms with Crippen molar-refractivity contribution in [1.82, 2.24) is 4.98 Å². The van der Waals surface area contributed by atoms with Gasteiger partial charge in [-0.3, -0.25) is 9.78 Å². The molecule has 0 spiro atoms. The smallest absolute Gasteiger partial charge is 0.272 e. The van der Waals surface area contributed by atoms with Gasteiger partial charge in [0, 0.05) is 23.6 Å². The van der Waals surface area contributed by atoms with E-state index in [0.29, 0.717) is 17.7 Å². The molecular weight excluding hydrogens is 296 g/mol. The highest BCUT2D eigenvalue weighted by Crippen LogP contribution is 2.33. The molecule has 2 rings (SSSR count). The molecule has 0 aliphatic heterocycles. The van der Waals surface area contributed by atoms with E-state index in [2.05, 4.69) is 10.9 Å². The van der Waals surface area contributed by atoms with Gasteiger partial charge in [0.1, 0.15) is 5.75 Å². The molecule has 114 valence electrons. The summed E-state index contributed by atoms with van der Waals surface area (Å²) in [5.74, 6) is 2.65. The fourth-order valence-electron chi connectivity index (χ4n) is 2.31. The zero-order chi connectivity index (χ0) is 16.3. The van der Waals surface area contributed by atoms with Gasteiger partial charge in [0.2, 0.25) is 4.93 Å². The lowest BCUT2D eigenvalue weighted by Gasteiger charge is -2.28. The number of aromatic nitrogens is 1. The molecule has 4 nitrogen and oxygen atoms in total. The zero-order valence-corrected chi connectivity index (χ0v) is 13.7. The number of amides is 1. The lowest BCUT2D eigenvalue weighted by molar-refractivity contribution is -0.126. The topological polar surface area (TPSA) is 65.2 Å². The maximum absolute atomic E-state index is 11.8. The fourth-order valence-corrected chi connectivity index (χ4v) is 2.98. The summed E-state index contributed by atoms with van der Waals surface area (Å²) in [4.78, 5) is 15.1. The summed E-state index contributed by atoms with van der Waals surface area (Å²) < 4.78 is 5.93. The van der Waals surface area contributed by atoms with Gasteiger partial charge in [0.15, 0.2) is 0 Å². The van der Waals surface area contributed by atoms with Gasteiger partial charge in [-0.15, -0.1) is 18.2 Å². The third-order valence-electron chi connectivity index (χ3n) is 3.57. The second kappa shape index (κ2) is 6.29. The Morgan fingerprint density at radius 3 is 2.77 bits per heavy atom. The summed E-state index contributed by atoms with van der Waals surface area (Å²) >= 11 is 1.29. The van der Waals surface area contributed by atoms with E-state index in [4.69, 9.17) is 16.9 Å². The molecule has 22 heavy (non-hydrogen) atoms. The van der Waals surface area contributed by atoms with Crippen molar-refractivity contribution in [1.29, 1.82) is 0 Å². The molecular formula is C17H18N2O2S. The normalized spacial score (nSPS) is 13.4. The van der Waals surface area contributed by atoms with E-state index in [1.54, 1.807) is 12.5 Å². The first kappa shape index (κ1) is 16.2. The second-order valence-corrected chi connectivity index (χ2v) is 6.02. The van der Waals surface area contributed by atoms with Crippen molar-refractivity contribution in [2.45, 2.75) is 25.2 Å². The van der Waals surface area contributed by atoms with E-state index in [0.717, 1.165) is 16.5 Å². The minimum atomic E-state index is -1.07. The van der Waals surface area contributed by atoms with Crippen LogP contribution in [0.1, 0.15) is 24.5 Å². The van der Waals surface area contributed by atoms with Gasteiger partial charge >= 0.3 is 0 Å². The Labute approximate surface area is 134 Å². The fraction of sp³-hybridized carbons (Fsp3) is 0.294. The number of benzene rings is 1. The lowest BCUT2D eigenvalue weighted by Crippen LogP contribution is -2.45. The molecule has 0 aliphatic carbocycles. The molecule has 1 heterocycles. The second-order valence-electron chi connectivity index (χ2n) is 4.96. The van der Waals surface area contributed by atoms with Crippen molar-refractivity contribution >= 4 is 28.6 Å². The summed E-state index contributed by atoms with van der Waals surface area (Å²) in [7, 11) is 0. The molecule has 0 radical (unpaired) electrons. The molecule has 1 unspecified atom stereocenters. The Hall–Kier alpha value is -2.19. The quantitative estimate of drug-likeness (QED) is 0.681. The Bertz CT molecular complexity index is 761. The molecule has 0 aliphatic rings. The highest BCUT2D eigenvalue weighted by Gasteiger charge is 2.36. The van der Waals surface area contributed by atoms with Gasteiger partial charge in [-0.1, -0.05) is 12.8 Å². The Kier molecular flexibility index (Phi) is 4.62. The van der Waals surface area contributed by atoms with E-state index in [9.17, 15) is 4.79 Å². The Morgan fingerprint density at radius 1 is 1.50 bits per heavy atom. The molecule has 2 N–H and O–H groups in total. The first-order valence-corrected chi connectivity index (χ1v) is 8.09. The van der Waals surface area contributed by atoms with Crippen LogP contribution >= 0.6 is 11.8 Å². The van der Waals surface area contributed by atoms with Crippen molar-refractivity contribution in [2.75, 3.05) is 6.26 Å². The van der Waals surface area contributed by atoms with Gasteiger partial charge in [-0.25, -0.2) is 0 Å². The highest BCUT2D eigenvalue weighted by atomic mass is 32.2. The van der Waals surface area contributed by atoms with Crippen LogP contribution in [0.5, 0.6) is 5.75 Å². The molecule has 0 fully saturated rings. The minimum absolute atomic E-state index is 0.475. The van der Waals surface area contributed by atoms with Crippen LogP contribution in [0.25, 0.3) is 10.9 Å². The first-order chi connectivity index (χ1) is 10.5. The molecule has 1 aromatic heterocycles. The van der Waals surface area contributed by atoms with Gasteiger partial charge in [0.05, 0.1) is 5.52 Å². The molecule has 1 atom stereocenters. The van der Waals surface area contributed by atoms with E-state index in [1.807, 2.05) is 32.0 Å². The van der Waals surface area contributed by atoms with Gasteiger partial charge in [-0.05, 0) is 36.9 Å². The van der Waals surface area contributed by atoms with E-state index in [1.165, 1.54) is 11.8 Å². The monoisotopic (exact) mass is 314 g/mol. The van der Waals surface area contributed by atoms with Crippen LogP contribution in [0.3, 0.4) is 0 Å². The summed E-state index contributed by atoms with van der Waals surface area (Å²) in [6.07, 6.45) is 9.36. The molecule has 2 aromatic rings. The number of fused-ring (bicyclic) bond motifs is 1. The van der Waals surface area contributed by atoms with Crippen molar-refractivity contribution < 1.29 is 9.53 Å². The number of terminal acetylenes is 1. The molecule has 1 aromatic carbocycles. The summed E-state index contributed by atoms with van der Waals surface area (Å²) in [6.45, 7) is 3.81. The average molecular weight is 314 g/mol. The molecule has 0 saturated carbocycles. The van der Waals surface area contributed by atoms with Crippen LogP contribution in [0.2, 0.25) is 0 Å². The van der Waals surface area contributed by atoms with Crippen LogP contribution in [-0.2, 0) is 4.79 Å². The number of hydrogen-bond donors (Lipinski definition) is 1. The van der Waals surface area contributed by atoms with Gasteiger partial charge in [-0.2, -0.15) is 0 Å². The SMILES string of the molecule is C#Cc1cnc2c(C)cc(OC(CC)(SC)C(N)=O)cc2c1. The van der Waals surface area contributed by atoms with Crippen LogP contribution in [-0.4, -0.2) is 22.1 Å². The molecule has 0 saturated heterocycles. The van der Waals surface area contributed by atoms with Crippen molar-refractivity contribution in [3.63, 3.8) is 0 Å². The largest absolute Gasteiger partial charge is 0.467 e. The molecule has 5 heteroatoms. The predicted octanol–water partition coefficient (Wildman–Crippen LogP) is 2.86. The number of primary amides is 1. The minimum Gasteiger partial charge on any atom is -0.467 e. The Balaban J connectivity index is 2.52. The van der Waals surface area contributed by atoms with Gasteiger partial charge in [0.25, 0.3) is 5.91 Å². The summed E-state index contributed by atoms with van der Waals surface area (Å²) in [5.41, 5.74) is 8.02. The van der Waals surface area contributed by atoms with Crippen molar-refractivity contribution in [3.05, 3.63) is 35.5 Å². The predicted molar refractivity (Wildman–Crippen MR) is 90.8 cm³/mol. The summed E-state index contributed by atoms with van der Waals surface area (Å²) in [5, 5.41) is 0.876. The number of thioether (sulfide) groups is 1. The van der Waals surface area contributed by atoms with Crippen LogP contribution in [0.4, 0.5) is 0 Å². The van der Waals surface area contributed by atoms with Crippen LogP contribution in [0, 0.1) is 19.3 Å². The number of pyridine rings is 1. The van der Waals surface area contributed by atoms with E-state index < -0.39 is 10.8 Å². The number of nitrogens with two attached hydrogens (primary N) is 1. The number of carbonyl (C=O) groups excluding carboxylic acids is 1. The van der Waals surface area contributed by atoms with Crippen molar-refractivity contribution in [2.24, 2.45) is 5.73 Å². The van der Waals surface area contributed by atoms with E-state index in [-0.39, 0.29) is 0 Å². The molecule has 1 amide bonds.